The van der Waals surface area contributed by atoms with Crippen molar-refractivity contribution in [3.63, 3.8) is 0 Å². The molecule has 102 valence electrons. The molecule has 0 amide bonds. The smallest absolute Gasteiger partial charge is 0.132 e. The maximum atomic E-state index is 9.43. The molecule has 0 saturated heterocycles. The Morgan fingerprint density at radius 1 is 1.22 bits per heavy atom. The molecule has 0 aromatic heterocycles. The van der Waals surface area contributed by atoms with E-state index in [1.807, 2.05) is 7.05 Å². The first-order valence-electron chi connectivity index (χ1n) is 7.31. The van der Waals surface area contributed by atoms with Crippen LogP contribution in [0, 0.1) is 29.1 Å². The maximum absolute atomic E-state index is 9.43. The molecule has 3 unspecified atom stereocenters. The summed E-state index contributed by atoms with van der Waals surface area (Å²) in [4.78, 5) is 0. The molecule has 2 aliphatic rings. The summed E-state index contributed by atoms with van der Waals surface area (Å²) in [7, 11) is 1.89. The van der Waals surface area contributed by atoms with Crippen molar-refractivity contribution in [3.8, 4) is 6.07 Å². The van der Waals surface area contributed by atoms with Gasteiger partial charge in [-0.25, -0.2) is 0 Å². The van der Waals surface area contributed by atoms with Gasteiger partial charge in [0.2, 0.25) is 0 Å². The first-order chi connectivity index (χ1) is 8.59. The van der Waals surface area contributed by atoms with E-state index >= 15 is 0 Å². The first kappa shape index (κ1) is 13.8. The van der Waals surface area contributed by atoms with E-state index in [0.29, 0.717) is 18.6 Å². The van der Waals surface area contributed by atoms with Crippen molar-refractivity contribution in [2.45, 2.75) is 57.6 Å². The van der Waals surface area contributed by atoms with Gasteiger partial charge in [0.25, 0.3) is 0 Å². The zero-order valence-electron chi connectivity index (χ0n) is 11.9. The summed E-state index contributed by atoms with van der Waals surface area (Å²) < 4.78 is 6.09. The molecular weight excluding hydrogens is 224 g/mol. The topological polar surface area (TPSA) is 45.0 Å². The van der Waals surface area contributed by atoms with E-state index in [2.05, 4.69) is 25.2 Å². The summed E-state index contributed by atoms with van der Waals surface area (Å²) in [6.07, 6.45) is 6.30. The Labute approximate surface area is 111 Å². The summed E-state index contributed by atoms with van der Waals surface area (Å²) in [5, 5.41) is 12.6. The number of hydrogen-bond donors (Lipinski definition) is 1. The highest BCUT2D eigenvalue weighted by atomic mass is 16.5. The molecule has 0 bridgehead atoms. The monoisotopic (exact) mass is 250 g/mol. The zero-order valence-corrected chi connectivity index (χ0v) is 11.9. The summed E-state index contributed by atoms with van der Waals surface area (Å²) in [5.41, 5.74) is -0.441. The van der Waals surface area contributed by atoms with Crippen molar-refractivity contribution in [2.75, 3.05) is 13.7 Å². The third-order valence-electron chi connectivity index (χ3n) is 4.60. The lowest BCUT2D eigenvalue weighted by Crippen LogP contribution is -2.49. The standard InChI is InChI=1S/C15H26N2O/c1-11-6-12(2)8-14(7-11)18-10-15(9-16,17-3)13-4-5-13/h11-14,17H,4-8,10H2,1-3H3. The van der Waals surface area contributed by atoms with E-state index in [1.165, 1.54) is 6.42 Å². The second-order valence-electron chi connectivity index (χ2n) is 6.46. The van der Waals surface area contributed by atoms with Gasteiger partial charge in [0.05, 0.1) is 18.8 Å². The number of hydrogen-bond acceptors (Lipinski definition) is 3. The van der Waals surface area contributed by atoms with Crippen LogP contribution in [0.1, 0.15) is 46.0 Å². The minimum Gasteiger partial charge on any atom is -0.375 e. The van der Waals surface area contributed by atoms with Gasteiger partial charge in [0, 0.05) is 0 Å². The van der Waals surface area contributed by atoms with Gasteiger partial charge in [0.15, 0.2) is 0 Å². The first-order valence-corrected chi connectivity index (χ1v) is 7.31. The van der Waals surface area contributed by atoms with Gasteiger partial charge < -0.3 is 10.1 Å². The van der Waals surface area contributed by atoms with Crippen LogP contribution in [0.25, 0.3) is 0 Å². The van der Waals surface area contributed by atoms with Gasteiger partial charge in [-0.1, -0.05) is 13.8 Å². The molecule has 18 heavy (non-hydrogen) atoms. The Balaban J connectivity index is 1.88. The molecular formula is C15H26N2O. The molecule has 0 aliphatic heterocycles. The van der Waals surface area contributed by atoms with E-state index < -0.39 is 5.54 Å². The average molecular weight is 250 g/mol. The van der Waals surface area contributed by atoms with Crippen LogP contribution in [0.2, 0.25) is 0 Å². The molecule has 0 radical (unpaired) electrons. The molecule has 2 aliphatic carbocycles. The molecule has 3 heteroatoms. The van der Waals surface area contributed by atoms with E-state index in [-0.39, 0.29) is 0 Å². The number of nitriles is 1. The van der Waals surface area contributed by atoms with Crippen LogP contribution in [-0.4, -0.2) is 25.3 Å². The van der Waals surface area contributed by atoms with Crippen molar-refractivity contribution < 1.29 is 4.74 Å². The van der Waals surface area contributed by atoms with E-state index in [4.69, 9.17) is 4.74 Å². The highest BCUT2D eigenvalue weighted by Crippen LogP contribution is 2.40. The lowest BCUT2D eigenvalue weighted by molar-refractivity contribution is -0.0217. The normalized spacial score (nSPS) is 35.8. The molecule has 2 saturated carbocycles. The van der Waals surface area contributed by atoms with Gasteiger partial charge in [-0.2, -0.15) is 5.26 Å². The fourth-order valence-electron chi connectivity index (χ4n) is 3.41. The van der Waals surface area contributed by atoms with Crippen LogP contribution in [-0.2, 0) is 4.74 Å². The second kappa shape index (κ2) is 5.59. The van der Waals surface area contributed by atoms with Gasteiger partial charge in [-0.3, -0.25) is 0 Å². The van der Waals surface area contributed by atoms with Gasteiger partial charge in [-0.05, 0) is 56.9 Å². The SMILES string of the molecule is CNC(C#N)(COC1CC(C)CC(C)C1)C1CC1. The van der Waals surface area contributed by atoms with Crippen LogP contribution in [0.3, 0.4) is 0 Å². The van der Waals surface area contributed by atoms with E-state index in [9.17, 15) is 5.26 Å². The Morgan fingerprint density at radius 2 is 1.83 bits per heavy atom. The quantitative estimate of drug-likeness (QED) is 0.816. The summed E-state index contributed by atoms with van der Waals surface area (Å²) in [6.45, 7) is 5.17. The van der Waals surface area contributed by atoms with Crippen molar-refractivity contribution in [1.82, 2.24) is 5.32 Å². The van der Waals surface area contributed by atoms with Crippen molar-refractivity contribution in [3.05, 3.63) is 0 Å². The highest BCUT2D eigenvalue weighted by Gasteiger charge is 2.45. The molecule has 0 heterocycles. The molecule has 1 N–H and O–H groups in total. The van der Waals surface area contributed by atoms with Crippen LogP contribution < -0.4 is 5.32 Å². The third-order valence-corrected chi connectivity index (χ3v) is 4.60. The lowest BCUT2D eigenvalue weighted by atomic mass is 9.81. The minimum atomic E-state index is -0.441. The fourth-order valence-corrected chi connectivity index (χ4v) is 3.41. The summed E-state index contributed by atoms with van der Waals surface area (Å²) in [5.74, 6) is 2.00. The van der Waals surface area contributed by atoms with Crippen LogP contribution in [0.4, 0.5) is 0 Å². The second-order valence-corrected chi connectivity index (χ2v) is 6.46. The van der Waals surface area contributed by atoms with Crippen LogP contribution in [0.15, 0.2) is 0 Å². The largest absolute Gasteiger partial charge is 0.375 e. The van der Waals surface area contributed by atoms with Crippen molar-refractivity contribution >= 4 is 0 Å². The number of rotatable bonds is 5. The highest BCUT2D eigenvalue weighted by molar-refractivity contribution is 5.15. The Bertz CT molecular complexity index is 311. The number of nitrogens with one attached hydrogen (secondary N) is 1. The number of nitrogens with zero attached hydrogens (tertiary/aromatic N) is 1. The molecule has 2 fully saturated rings. The third kappa shape index (κ3) is 3.05. The molecule has 0 spiro atoms. The van der Waals surface area contributed by atoms with Gasteiger partial charge >= 0.3 is 0 Å². The fraction of sp³-hybridized carbons (Fsp3) is 0.933. The predicted octanol–water partition coefficient (Wildman–Crippen LogP) is 2.72. The molecule has 2 rings (SSSR count). The molecule has 0 aromatic carbocycles. The van der Waals surface area contributed by atoms with Crippen molar-refractivity contribution in [1.29, 1.82) is 5.26 Å². The molecule has 3 atom stereocenters. The predicted molar refractivity (Wildman–Crippen MR) is 72.0 cm³/mol. The maximum Gasteiger partial charge on any atom is 0.132 e. The van der Waals surface area contributed by atoms with Crippen LogP contribution in [0.5, 0.6) is 0 Å². The Morgan fingerprint density at radius 3 is 2.28 bits per heavy atom. The Kier molecular flexibility index (Phi) is 4.29. The number of likely N-dealkylation sites (N-methyl/N-ethyl adjacent to an activating group) is 1. The molecule has 3 nitrogen and oxygen atoms in total. The van der Waals surface area contributed by atoms with Gasteiger partial charge in [0.1, 0.15) is 5.54 Å². The van der Waals surface area contributed by atoms with Crippen LogP contribution >= 0.6 is 0 Å². The lowest BCUT2D eigenvalue weighted by Gasteiger charge is -2.34. The van der Waals surface area contributed by atoms with E-state index in [0.717, 1.165) is 37.5 Å². The summed E-state index contributed by atoms with van der Waals surface area (Å²) >= 11 is 0. The summed E-state index contributed by atoms with van der Waals surface area (Å²) in [6, 6.07) is 2.45. The Hall–Kier alpha value is -0.590. The zero-order chi connectivity index (χ0) is 13.2. The van der Waals surface area contributed by atoms with E-state index in [1.54, 1.807) is 0 Å². The molecule has 0 aromatic rings. The van der Waals surface area contributed by atoms with Gasteiger partial charge in [-0.15, -0.1) is 0 Å². The van der Waals surface area contributed by atoms with Crippen molar-refractivity contribution in [2.24, 2.45) is 17.8 Å². The average Bonchev–Trinajstić information content (AvgIpc) is 3.14. The number of ether oxygens (including phenoxy) is 1. The minimum absolute atomic E-state index is 0.351.